The van der Waals surface area contributed by atoms with E-state index < -0.39 is 0 Å². The lowest BCUT2D eigenvalue weighted by molar-refractivity contribution is 0.810. The normalized spacial score (nSPS) is 11.6. The Hall–Kier alpha value is -1.51. The summed E-state index contributed by atoms with van der Waals surface area (Å²) in [5, 5.41) is 0. The molecule has 0 amide bonds. The first-order valence-electron chi connectivity index (χ1n) is 5.71. The Balaban J connectivity index is 2.64. The van der Waals surface area contributed by atoms with Crippen molar-refractivity contribution in [3.63, 3.8) is 0 Å². The van der Waals surface area contributed by atoms with E-state index in [1.54, 1.807) is 0 Å². The second kappa shape index (κ2) is 4.16. The number of nitrogens with zero attached hydrogens (tertiary/aromatic N) is 3. The van der Waals surface area contributed by atoms with Crippen molar-refractivity contribution < 1.29 is 0 Å². The van der Waals surface area contributed by atoms with Crippen LogP contribution in [0.15, 0.2) is 18.5 Å². The predicted octanol–water partition coefficient (Wildman–Crippen LogP) is 3.27. The Morgan fingerprint density at radius 2 is 1.75 bits per heavy atom. The third kappa shape index (κ3) is 1.90. The molecule has 3 nitrogen and oxygen atoms in total. The van der Waals surface area contributed by atoms with E-state index in [0.29, 0.717) is 11.8 Å². The van der Waals surface area contributed by atoms with Gasteiger partial charge in [-0.25, -0.2) is 4.98 Å². The summed E-state index contributed by atoms with van der Waals surface area (Å²) in [7, 11) is 0. The molecule has 0 saturated carbocycles. The molecule has 16 heavy (non-hydrogen) atoms. The average Bonchev–Trinajstić information content (AvgIpc) is 2.27. The van der Waals surface area contributed by atoms with Gasteiger partial charge in [0.1, 0.15) is 5.52 Å². The molecule has 2 heterocycles. The van der Waals surface area contributed by atoms with E-state index in [0.717, 1.165) is 22.4 Å². The minimum Gasteiger partial charge on any atom is -0.259 e. The van der Waals surface area contributed by atoms with Gasteiger partial charge in [0, 0.05) is 12.4 Å². The molecule has 0 radical (unpaired) electrons. The topological polar surface area (TPSA) is 38.7 Å². The van der Waals surface area contributed by atoms with Crippen LogP contribution in [0.4, 0.5) is 0 Å². The fraction of sp³-hybridized carbons (Fsp3) is 0.462. The minimum absolute atomic E-state index is 0.378. The highest BCUT2D eigenvalue weighted by Crippen LogP contribution is 2.21. The van der Waals surface area contributed by atoms with Crippen molar-refractivity contribution in [1.29, 1.82) is 0 Å². The Kier molecular flexibility index (Phi) is 2.86. The molecule has 2 rings (SSSR count). The van der Waals surface area contributed by atoms with Gasteiger partial charge in [0.25, 0.3) is 0 Å². The standard InChI is InChI=1S/C13H17N3/c1-8(2)11-7-15-13-10(16-11)5-6-14-12(13)9(3)4/h5-9H,1-4H3. The Morgan fingerprint density at radius 3 is 2.38 bits per heavy atom. The van der Waals surface area contributed by atoms with Crippen LogP contribution >= 0.6 is 0 Å². The van der Waals surface area contributed by atoms with Crippen molar-refractivity contribution in [2.24, 2.45) is 0 Å². The Morgan fingerprint density at radius 1 is 1.00 bits per heavy atom. The zero-order valence-electron chi connectivity index (χ0n) is 10.2. The number of hydrogen-bond donors (Lipinski definition) is 0. The number of hydrogen-bond acceptors (Lipinski definition) is 3. The zero-order chi connectivity index (χ0) is 11.7. The Bertz CT molecular complexity index is 504. The molecule has 0 atom stereocenters. The second-order valence-corrected chi connectivity index (χ2v) is 4.67. The van der Waals surface area contributed by atoms with E-state index in [1.165, 1.54) is 0 Å². The van der Waals surface area contributed by atoms with E-state index in [2.05, 4.69) is 42.6 Å². The molecule has 0 unspecified atom stereocenters. The van der Waals surface area contributed by atoms with Gasteiger partial charge in [0.15, 0.2) is 0 Å². The van der Waals surface area contributed by atoms with Gasteiger partial charge in [0.2, 0.25) is 0 Å². The summed E-state index contributed by atoms with van der Waals surface area (Å²) in [5.41, 5.74) is 3.94. The lowest BCUT2D eigenvalue weighted by Crippen LogP contribution is -2.00. The van der Waals surface area contributed by atoms with Crippen LogP contribution in [-0.2, 0) is 0 Å². The summed E-state index contributed by atoms with van der Waals surface area (Å²) in [4.78, 5) is 13.5. The van der Waals surface area contributed by atoms with Crippen LogP contribution in [0.5, 0.6) is 0 Å². The SMILES string of the molecule is CC(C)c1cnc2c(C(C)C)nccc2n1. The van der Waals surface area contributed by atoms with Gasteiger partial charge < -0.3 is 0 Å². The van der Waals surface area contributed by atoms with Crippen molar-refractivity contribution in [3.05, 3.63) is 29.8 Å². The van der Waals surface area contributed by atoms with Crippen LogP contribution in [0, 0.1) is 0 Å². The van der Waals surface area contributed by atoms with Crippen LogP contribution in [0.25, 0.3) is 11.0 Å². The summed E-state index contributed by atoms with van der Waals surface area (Å²) < 4.78 is 0. The quantitative estimate of drug-likeness (QED) is 0.771. The van der Waals surface area contributed by atoms with Crippen LogP contribution in [0.1, 0.15) is 50.9 Å². The molecule has 2 aromatic rings. The van der Waals surface area contributed by atoms with Gasteiger partial charge in [-0.05, 0) is 17.9 Å². The van der Waals surface area contributed by atoms with Crippen molar-refractivity contribution >= 4 is 11.0 Å². The highest BCUT2D eigenvalue weighted by atomic mass is 14.8. The van der Waals surface area contributed by atoms with Crippen LogP contribution < -0.4 is 0 Å². The largest absolute Gasteiger partial charge is 0.259 e. The van der Waals surface area contributed by atoms with E-state index in [1.807, 2.05) is 18.5 Å². The summed E-state index contributed by atoms with van der Waals surface area (Å²) >= 11 is 0. The predicted molar refractivity (Wildman–Crippen MR) is 65.5 cm³/mol. The van der Waals surface area contributed by atoms with Crippen molar-refractivity contribution in [2.45, 2.75) is 39.5 Å². The summed E-state index contributed by atoms with van der Waals surface area (Å²) in [6.07, 6.45) is 3.68. The molecular formula is C13H17N3. The third-order valence-corrected chi connectivity index (χ3v) is 2.65. The summed E-state index contributed by atoms with van der Waals surface area (Å²) in [6, 6.07) is 1.93. The average molecular weight is 215 g/mol. The number of fused-ring (bicyclic) bond motifs is 1. The molecule has 0 aliphatic carbocycles. The van der Waals surface area contributed by atoms with E-state index >= 15 is 0 Å². The Labute approximate surface area is 96.0 Å². The van der Waals surface area contributed by atoms with Gasteiger partial charge in [0.05, 0.1) is 16.9 Å². The van der Waals surface area contributed by atoms with E-state index in [-0.39, 0.29) is 0 Å². The number of pyridine rings is 1. The van der Waals surface area contributed by atoms with Gasteiger partial charge >= 0.3 is 0 Å². The minimum atomic E-state index is 0.378. The maximum absolute atomic E-state index is 4.62. The van der Waals surface area contributed by atoms with Crippen molar-refractivity contribution in [3.8, 4) is 0 Å². The monoisotopic (exact) mass is 215 g/mol. The smallest absolute Gasteiger partial charge is 0.110 e. The third-order valence-electron chi connectivity index (χ3n) is 2.65. The first-order valence-corrected chi connectivity index (χ1v) is 5.71. The van der Waals surface area contributed by atoms with Gasteiger partial charge in [-0.2, -0.15) is 0 Å². The van der Waals surface area contributed by atoms with Crippen LogP contribution in [0.3, 0.4) is 0 Å². The van der Waals surface area contributed by atoms with E-state index in [4.69, 9.17) is 0 Å². The van der Waals surface area contributed by atoms with E-state index in [9.17, 15) is 0 Å². The van der Waals surface area contributed by atoms with Crippen LogP contribution in [-0.4, -0.2) is 15.0 Å². The molecule has 0 aliphatic rings. The van der Waals surface area contributed by atoms with Crippen LogP contribution in [0.2, 0.25) is 0 Å². The molecular weight excluding hydrogens is 198 g/mol. The van der Waals surface area contributed by atoms with Crippen molar-refractivity contribution in [2.75, 3.05) is 0 Å². The fourth-order valence-electron chi connectivity index (χ4n) is 1.68. The first-order chi connectivity index (χ1) is 7.59. The second-order valence-electron chi connectivity index (χ2n) is 4.67. The summed E-state index contributed by atoms with van der Waals surface area (Å²) in [5.74, 6) is 0.787. The highest BCUT2D eigenvalue weighted by molar-refractivity contribution is 5.76. The maximum Gasteiger partial charge on any atom is 0.110 e. The maximum atomic E-state index is 4.62. The fourth-order valence-corrected chi connectivity index (χ4v) is 1.68. The molecule has 0 aliphatic heterocycles. The molecule has 0 fully saturated rings. The van der Waals surface area contributed by atoms with Crippen molar-refractivity contribution in [1.82, 2.24) is 15.0 Å². The molecule has 0 aromatic carbocycles. The van der Waals surface area contributed by atoms with Gasteiger partial charge in [-0.3, -0.25) is 9.97 Å². The molecule has 0 bridgehead atoms. The molecule has 0 saturated heterocycles. The molecule has 3 heteroatoms. The number of aromatic nitrogens is 3. The molecule has 2 aromatic heterocycles. The van der Waals surface area contributed by atoms with Gasteiger partial charge in [-0.15, -0.1) is 0 Å². The zero-order valence-corrected chi connectivity index (χ0v) is 10.2. The molecule has 0 spiro atoms. The highest BCUT2D eigenvalue weighted by Gasteiger charge is 2.10. The lowest BCUT2D eigenvalue weighted by atomic mass is 10.1. The molecule has 0 N–H and O–H groups in total. The summed E-state index contributed by atoms with van der Waals surface area (Å²) in [6.45, 7) is 8.50. The molecule has 84 valence electrons. The first kappa shape index (κ1) is 11.0. The number of rotatable bonds is 2. The van der Waals surface area contributed by atoms with Gasteiger partial charge in [-0.1, -0.05) is 27.7 Å². The lowest BCUT2D eigenvalue weighted by Gasteiger charge is -2.09.